The highest BCUT2D eigenvalue weighted by Gasteiger charge is 2.09. The molecule has 1 amide bonds. The molecule has 4 nitrogen and oxygen atoms in total. The van der Waals surface area contributed by atoms with Crippen LogP contribution in [0.2, 0.25) is 0 Å². The average molecular weight is 258 g/mol. The van der Waals surface area contributed by atoms with Crippen LogP contribution in [-0.2, 0) is 4.79 Å². The molecule has 0 aliphatic heterocycles. The van der Waals surface area contributed by atoms with Crippen LogP contribution in [0.4, 0.5) is 14.5 Å². The summed E-state index contributed by atoms with van der Waals surface area (Å²) in [6, 6.07) is 1.77. The number of nitrogens with two attached hydrogens (primary N) is 1. The van der Waals surface area contributed by atoms with Gasteiger partial charge in [-0.15, -0.1) is 0 Å². The zero-order chi connectivity index (χ0) is 13.7. The van der Waals surface area contributed by atoms with Crippen molar-refractivity contribution in [1.29, 1.82) is 0 Å². The molecule has 0 saturated carbocycles. The van der Waals surface area contributed by atoms with Crippen molar-refractivity contribution in [1.82, 2.24) is 4.90 Å². The van der Waals surface area contributed by atoms with Crippen molar-refractivity contribution < 1.29 is 18.3 Å². The monoisotopic (exact) mass is 258 g/mol. The largest absolute Gasteiger partial charge is 0.490 e. The maximum absolute atomic E-state index is 13.3. The zero-order valence-corrected chi connectivity index (χ0v) is 10.4. The number of carbonyl (C=O) groups is 1. The smallest absolute Gasteiger partial charge is 0.222 e. The molecule has 1 aromatic carbocycles. The topological polar surface area (TPSA) is 55.6 Å². The van der Waals surface area contributed by atoms with E-state index < -0.39 is 11.6 Å². The second-order valence-corrected chi connectivity index (χ2v) is 4.04. The van der Waals surface area contributed by atoms with Gasteiger partial charge in [0.2, 0.25) is 5.91 Å². The molecule has 0 bridgehead atoms. The van der Waals surface area contributed by atoms with E-state index in [2.05, 4.69) is 0 Å². The van der Waals surface area contributed by atoms with Crippen LogP contribution in [0.5, 0.6) is 5.75 Å². The predicted octanol–water partition coefficient (Wildman–Crippen LogP) is 1.79. The van der Waals surface area contributed by atoms with Gasteiger partial charge >= 0.3 is 0 Å². The minimum absolute atomic E-state index is 0.0393. The number of ether oxygens (including phenoxy) is 1. The van der Waals surface area contributed by atoms with Crippen molar-refractivity contribution >= 4 is 11.6 Å². The Bertz CT molecular complexity index is 436. The second kappa shape index (κ2) is 6.18. The molecule has 0 spiro atoms. The van der Waals surface area contributed by atoms with E-state index >= 15 is 0 Å². The number of rotatable bonds is 5. The average Bonchev–Trinajstić information content (AvgIpc) is 2.30. The van der Waals surface area contributed by atoms with Gasteiger partial charge in [-0.3, -0.25) is 4.79 Å². The van der Waals surface area contributed by atoms with Gasteiger partial charge in [0, 0.05) is 32.6 Å². The fourth-order valence-corrected chi connectivity index (χ4v) is 1.28. The van der Waals surface area contributed by atoms with E-state index in [1.165, 1.54) is 4.90 Å². The second-order valence-electron chi connectivity index (χ2n) is 4.04. The molecule has 2 N–H and O–H groups in total. The van der Waals surface area contributed by atoms with E-state index in [0.717, 1.165) is 12.1 Å². The molecule has 0 fully saturated rings. The van der Waals surface area contributed by atoms with Crippen LogP contribution in [-0.4, -0.2) is 31.5 Å². The molecule has 0 radical (unpaired) electrons. The number of nitrogen functional groups attached to an aromatic ring is 1. The van der Waals surface area contributed by atoms with Gasteiger partial charge in [-0.25, -0.2) is 8.78 Å². The number of hydrogen-bond acceptors (Lipinski definition) is 3. The fourth-order valence-electron chi connectivity index (χ4n) is 1.28. The lowest BCUT2D eigenvalue weighted by Gasteiger charge is -2.11. The summed E-state index contributed by atoms with van der Waals surface area (Å²) in [4.78, 5) is 12.7. The van der Waals surface area contributed by atoms with E-state index in [-0.39, 0.29) is 24.0 Å². The van der Waals surface area contributed by atoms with Gasteiger partial charge in [-0.05, 0) is 6.42 Å². The fraction of sp³-hybridized carbons (Fsp3) is 0.417. The summed E-state index contributed by atoms with van der Waals surface area (Å²) < 4.78 is 31.4. The molecule has 0 heterocycles. The molecular formula is C12H16F2N2O2. The van der Waals surface area contributed by atoms with Crippen molar-refractivity contribution in [2.45, 2.75) is 12.8 Å². The van der Waals surface area contributed by atoms with E-state index in [0.29, 0.717) is 12.8 Å². The number of nitrogens with zero attached hydrogens (tertiary/aromatic N) is 1. The number of benzene rings is 1. The predicted molar refractivity (Wildman–Crippen MR) is 64.2 cm³/mol. The number of carbonyl (C=O) groups excluding carboxylic acids is 1. The first-order valence-corrected chi connectivity index (χ1v) is 5.49. The van der Waals surface area contributed by atoms with Gasteiger partial charge in [-0.2, -0.15) is 0 Å². The highest BCUT2D eigenvalue weighted by Crippen LogP contribution is 2.23. The Labute approximate surface area is 104 Å². The SMILES string of the molecule is CN(C)C(=O)CCCOc1cc(F)c(N)cc1F. The summed E-state index contributed by atoms with van der Waals surface area (Å²) >= 11 is 0. The van der Waals surface area contributed by atoms with Gasteiger partial charge in [0.15, 0.2) is 11.6 Å². The van der Waals surface area contributed by atoms with Gasteiger partial charge < -0.3 is 15.4 Å². The Balaban J connectivity index is 2.45. The summed E-state index contributed by atoms with van der Waals surface area (Å²) in [5.41, 5.74) is 4.94. The van der Waals surface area contributed by atoms with Crippen LogP contribution in [0.1, 0.15) is 12.8 Å². The molecule has 0 saturated heterocycles. The first-order valence-electron chi connectivity index (χ1n) is 5.49. The molecule has 1 aromatic rings. The van der Waals surface area contributed by atoms with Gasteiger partial charge in [0.1, 0.15) is 5.82 Å². The van der Waals surface area contributed by atoms with Gasteiger partial charge in [0.25, 0.3) is 0 Å². The number of hydrogen-bond donors (Lipinski definition) is 1. The standard InChI is InChI=1S/C12H16F2N2O2/c1-16(2)12(17)4-3-5-18-11-7-8(13)10(15)6-9(11)14/h6-7H,3-5,15H2,1-2H3. The molecular weight excluding hydrogens is 242 g/mol. The summed E-state index contributed by atoms with van der Waals surface area (Å²) in [6.07, 6.45) is 0.731. The number of amides is 1. The van der Waals surface area contributed by atoms with Crippen molar-refractivity contribution in [3.63, 3.8) is 0 Å². The van der Waals surface area contributed by atoms with Crippen LogP contribution in [0.25, 0.3) is 0 Å². The number of halogens is 2. The molecule has 100 valence electrons. The molecule has 0 unspecified atom stereocenters. The van der Waals surface area contributed by atoms with Gasteiger partial charge in [0.05, 0.1) is 12.3 Å². The Hall–Kier alpha value is -1.85. The molecule has 6 heteroatoms. The van der Waals surface area contributed by atoms with Crippen LogP contribution in [0.3, 0.4) is 0 Å². The van der Waals surface area contributed by atoms with Crippen molar-refractivity contribution in [3.05, 3.63) is 23.8 Å². The van der Waals surface area contributed by atoms with Crippen molar-refractivity contribution in [3.8, 4) is 5.75 Å². The van der Waals surface area contributed by atoms with Crippen LogP contribution in [0, 0.1) is 11.6 Å². The van der Waals surface area contributed by atoms with Crippen molar-refractivity contribution in [2.75, 3.05) is 26.4 Å². The minimum atomic E-state index is -0.726. The molecule has 1 rings (SSSR count). The Morgan fingerprint density at radius 1 is 1.33 bits per heavy atom. The van der Waals surface area contributed by atoms with E-state index in [1.54, 1.807) is 14.1 Å². The summed E-state index contributed by atoms with van der Waals surface area (Å²) in [5.74, 6) is -1.68. The first kappa shape index (κ1) is 14.2. The lowest BCUT2D eigenvalue weighted by Crippen LogP contribution is -2.21. The Morgan fingerprint density at radius 2 is 2.00 bits per heavy atom. The maximum Gasteiger partial charge on any atom is 0.222 e. The highest BCUT2D eigenvalue weighted by molar-refractivity contribution is 5.75. The third-order valence-electron chi connectivity index (χ3n) is 2.34. The normalized spacial score (nSPS) is 10.2. The molecule has 0 atom stereocenters. The van der Waals surface area contributed by atoms with Crippen LogP contribution >= 0.6 is 0 Å². The third-order valence-corrected chi connectivity index (χ3v) is 2.34. The molecule has 0 aliphatic rings. The molecule has 18 heavy (non-hydrogen) atoms. The van der Waals surface area contributed by atoms with Gasteiger partial charge in [-0.1, -0.05) is 0 Å². The zero-order valence-electron chi connectivity index (χ0n) is 10.4. The maximum atomic E-state index is 13.3. The van der Waals surface area contributed by atoms with E-state index in [1.807, 2.05) is 0 Å². The molecule has 0 aliphatic carbocycles. The Morgan fingerprint density at radius 3 is 2.61 bits per heavy atom. The van der Waals surface area contributed by atoms with Crippen LogP contribution in [0.15, 0.2) is 12.1 Å². The van der Waals surface area contributed by atoms with Crippen LogP contribution < -0.4 is 10.5 Å². The Kier molecular flexibility index (Phi) is 4.88. The molecule has 0 aromatic heterocycles. The van der Waals surface area contributed by atoms with E-state index in [9.17, 15) is 13.6 Å². The van der Waals surface area contributed by atoms with E-state index in [4.69, 9.17) is 10.5 Å². The first-order chi connectivity index (χ1) is 8.41. The summed E-state index contributed by atoms with van der Waals surface area (Å²) in [5, 5.41) is 0. The number of anilines is 1. The lowest BCUT2D eigenvalue weighted by molar-refractivity contribution is -0.128. The quantitative estimate of drug-likeness (QED) is 0.647. The third kappa shape index (κ3) is 3.87. The summed E-state index contributed by atoms with van der Waals surface area (Å²) in [7, 11) is 3.30. The highest BCUT2D eigenvalue weighted by atomic mass is 19.1. The lowest BCUT2D eigenvalue weighted by atomic mass is 10.2. The van der Waals surface area contributed by atoms with Crippen molar-refractivity contribution in [2.24, 2.45) is 0 Å². The minimum Gasteiger partial charge on any atom is -0.490 e. The summed E-state index contributed by atoms with van der Waals surface area (Å²) in [6.45, 7) is 0.139.